The zero-order chi connectivity index (χ0) is 13.2. The Morgan fingerprint density at radius 1 is 1.37 bits per heavy atom. The maximum atomic E-state index is 4.55. The minimum Gasteiger partial charge on any atom is -0.365 e. The monoisotopic (exact) mass is 260 g/mol. The Labute approximate surface area is 112 Å². The molecule has 1 saturated carbocycles. The second kappa shape index (κ2) is 5.03. The molecule has 2 aromatic heterocycles. The van der Waals surface area contributed by atoms with Crippen molar-refractivity contribution < 1.29 is 0 Å². The summed E-state index contributed by atoms with van der Waals surface area (Å²) in [5.41, 5.74) is 1.60. The SMILES string of the molecule is CCNc1nc(NC2CCC(C)C2)c2[nH]cnc2n1. The van der Waals surface area contributed by atoms with E-state index in [4.69, 9.17) is 0 Å². The van der Waals surface area contributed by atoms with Gasteiger partial charge in [0, 0.05) is 12.6 Å². The van der Waals surface area contributed by atoms with Gasteiger partial charge in [0.2, 0.25) is 5.95 Å². The number of aromatic amines is 1. The Kier molecular flexibility index (Phi) is 3.23. The first kappa shape index (κ1) is 12.2. The second-order valence-electron chi connectivity index (χ2n) is 5.29. The van der Waals surface area contributed by atoms with Crippen LogP contribution in [0.25, 0.3) is 11.2 Å². The van der Waals surface area contributed by atoms with Gasteiger partial charge in [0.1, 0.15) is 5.52 Å². The fourth-order valence-electron chi connectivity index (χ4n) is 2.71. The van der Waals surface area contributed by atoms with Gasteiger partial charge >= 0.3 is 0 Å². The minimum absolute atomic E-state index is 0.505. The summed E-state index contributed by atoms with van der Waals surface area (Å²) < 4.78 is 0. The highest BCUT2D eigenvalue weighted by molar-refractivity contribution is 5.83. The molecule has 6 heteroatoms. The van der Waals surface area contributed by atoms with Gasteiger partial charge in [-0.3, -0.25) is 0 Å². The Bertz CT molecular complexity index is 563. The zero-order valence-corrected chi connectivity index (χ0v) is 11.4. The van der Waals surface area contributed by atoms with Crippen LogP contribution in [0.3, 0.4) is 0 Å². The number of nitrogens with zero attached hydrogens (tertiary/aromatic N) is 3. The molecule has 3 rings (SSSR count). The average Bonchev–Trinajstić information content (AvgIpc) is 2.99. The number of nitrogens with one attached hydrogen (secondary N) is 3. The molecule has 2 aromatic rings. The number of H-pyrrole nitrogens is 1. The van der Waals surface area contributed by atoms with Crippen molar-refractivity contribution in [2.75, 3.05) is 17.2 Å². The van der Waals surface area contributed by atoms with Crippen molar-refractivity contribution in [2.24, 2.45) is 5.92 Å². The van der Waals surface area contributed by atoms with Gasteiger partial charge in [0.25, 0.3) is 0 Å². The number of anilines is 2. The number of imidazole rings is 1. The van der Waals surface area contributed by atoms with Gasteiger partial charge in [0.15, 0.2) is 11.5 Å². The Balaban J connectivity index is 1.89. The Hall–Kier alpha value is -1.85. The highest BCUT2D eigenvalue weighted by atomic mass is 15.2. The summed E-state index contributed by atoms with van der Waals surface area (Å²) in [6, 6.07) is 0.505. The molecule has 0 amide bonds. The summed E-state index contributed by atoms with van der Waals surface area (Å²) >= 11 is 0. The van der Waals surface area contributed by atoms with Gasteiger partial charge in [0.05, 0.1) is 6.33 Å². The lowest BCUT2D eigenvalue weighted by Gasteiger charge is -2.14. The van der Waals surface area contributed by atoms with Crippen molar-refractivity contribution in [3.63, 3.8) is 0 Å². The highest BCUT2D eigenvalue weighted by Crippen LogP contribution is 2.28. The summed E-state index contributed by atoms with van der Waals surface area (Å²) in [5, 5.41) is 6.68. The van der Waals surface area contributed by atoms with Crippen LogP contribution in [0.2, 0.25) is 0 Å². The number of hydrogen-bond acceptors (Lipinski definition) is 5. The molecule has 1 fully saturated rings. The van der Waals surface area contributed by atoms with Crippen LogP contribution in [-0.2, 0) is 0 Å². The molecule has 102 valence electrons. The average molecular weight is 260 g/mol. The van der Waals surface area contributed by atoms with Crippen LogP contribution in [0, 0.1) is 5.92 Å². The fourth-order valence-corrected chi connectivity index (χ4v) is 2.71. The van der Waals surface area contributed by atoms with Crippen molar-refractivity contribution in [3.05, 3.63) is 6.33 Å². The van der Waals surface area contributed by atoms with Crippen LogP contribution >= 0.6 is 0 Å². The van der Waals surface area contributed by atoms with E-state index in [-0.39, 0.29) is 0 Å². The lowest BCUT2D eigenvalue weighted by atomic mass is 10.1. The second-order valence-corrected chi connectivity index (χ2v) is 5.29. The first-order valence-electron chi connectivity index (χ1n) is 6.97. The maximum Gasteiger partial charge on any atom is 0.226 e. The summed E-state index contributed by atoms with van der Waals surface area (Å²) in [5.74, 6) is 2.29. The normalized spacial score (nSPS) is 22.8. The molecule has 6 nitrogen and oxygen atoms in total. The van der Waals surface area contributed by atoms with Crippen LogP contribution in [-0.4, -0.2) is 32.5 Å². The van der Waals surface area contributed by atoms with Crippen molar-refractivity contribution in [2.45, 2.75) is 39.2 Å². The summed E-state index contributed by atoms with van der Waals surface area (Å²) in [6.07, 6.45) is 5.36. The van der Waals surface area contributed by atoms with Crippen LogP contribution in [0.15, 0.2) is 6.33 Å². The van der Waals surface area contributed by atoms with E-state index in [1.165, 1.54) is 19.3 Å². The molecule has 0 saturated heterocycles. The predicted molar refractivity (Wildman–Crippen MR) is 76.3 cm³/mol. The summed E-state index contributed by atoms with van der Waals surface area (Å²) in [6.45, 7) is 5.14. The van der Waals surface area contributed by atoms with Crippen LogP contribution in [0.5, 0.6) is 0 Å². The molecule has 1 aliphatic carbocycles. The van der Waals surface area contributed by atoms with Crippen molar-refractivity contribution in [1.29, 1.82) is 0 Å². The van der Waals surface area contributed by atoms with Gasteiger partial charge in [-0.2, -0.15) is 9.97 Å². The molecule has 0 spiro atoms. The molecule has 1 aliphatic rings. The van der Waals surface area contributed by atoms with Gasteiger partial charge in [-0.15, -0.1) is 0 Å². The van der Waals surface area contributed by atoms with E-state index in [0.717, 1.165) is 23.8 Å². The number of aromatic nitrogens is 4. The standard InChI is InChI=1S/C13H20N6/c1-3-14-13-18-11-10(15-7-16-11)12(19-13)17-9-5-4-8(2)6-9/h7-9H,3-6H2,1-2H3,(H3,14,15,16,17,18,19). The maximum absolute atomic E-state index is 4.55. The topological polar surface area (TPSA) is 78.5 Å². The molecular formula is C13H20N6. The molecule has 0 bridgehead atoms. The third kappa shape index (κ3) is 2.47. The summed E-state index contributed by atoms with van der Waals surface area (Å²) in [7, 11) is 0. The molecule has 19 heavy (non-hydrogen) atoms. The van der Waals surface area contributed by atoms with Crippen LogP contribution in [0.1, 0.15) is 33.1 Å². The smallest absolute Gasteiger partial charge is 0.226 e. The predicted octanol–water partition coefficient (Wildman–Crippen LogP) is 2.39. The molecule has 2 unspecified atom stereocenters. The minimum atomic E-state index is 0.505. The largest absolute Gasteiger partial charge is 0.365 e. The van der Waals surface area contributed by atoms with E-state index in [0.29, 0.717) is 17.6 Å². The molecule has 0 aromatic carbocycles. The molecule has 0 aliphatic heterocycles. The van der Waals surface area contributed by atoms with Crippen molar-refractivity contribution in [3.8, 4) is 0 Å². The van der Waals surface area contributed by atoms with Crippen LogP contribution < -0.4 is 10.6 Å². The molecule has 3 N–H and O–H groups in total. The first-order valence-corrected chi connectivity index (χ1v) is 6.97. The van der Waals surface area contributed by atoms with Gasteiger partial charge in [-0.05, 0) is 32.1 Å². The number of fused-ring (bicyclic) bond motifs is 1. The first-order chi connectivity index (χ1) is 9.26. The lowest BCUT2D eigenvalue weighted by molar-refractivity contribution is 0.602. The van der Waals surface area contributed by atoms with Gasteiger partial charge in [-0.1, -0.05) is 6.92 Å². The third-order valence-electron chi connectivity index (χ3n) is 3.66. The quantitative estimate of drug-likeness (QED) is 0.786. The van der Waals surface area contributed by atoms with E-state index in [1.807, 2.05) is 6.92 Å². The highest BCUT2D eigenvalue weighted by Gasteiger charge is 2.22. The zero-order valence-electron chi connectivity index (χ0n) is 11.4. The Morgan fingerprint density at radius 2 is 2.26 bits per heavy atom. The fraction of sp³-hybridized carbons (Fsp3) is 0.615. The van der Waals surface area contributed by atoms with E-state index in [1.54, 1.807) is 6.33 Å². The van der Waals surface area contributed by atoms with E-state index < -0.39 is 0 Å². The van der Waals surface area contributed by atoms with E-state index in [9.17, 15) is 0 Å². The van der Waals surface area contributed by atoms with Crippen molar-refractivity contribution >= 4 is 22.9 Å². The molecular weight excluding hydrogens is 240 g/mol. The number of rotatable bonds is 4. The van der Waals surface area contributed by atoms with Gasteiger partial charge < -0.3 is 15.6 Å². The molecule has 0 radical (unpaired) electrons. The van der Waals surface area contributed by atoms with E-state index in [2.05, 4.69) is 37.5 Å². The van der Waals surface area contributed by atoms with Crippen LogP contribution in [0.4, 0.5) is 11.8 Å². The lowest BCUT2D eigenvalue weighted by Crippen LogP contribution is -2.17. The molecule has 2 heterocycles. The number of hydrogen-bond donors (Lipinski definition) is 3. The van der Waals surface area contributed by atoms with Gasteiger partial charge in [-0.25, -0.2) is 4.98 Å². The molecule has 2 atom stereocenters. The Morgan fingerprint density at radius 3 is 3.00 bits per heavy atom. The van der Waals surface area contributed by atoms with E-state index >= 15 is 0 Å². The van der Waals surface area contributed by atoms with Crippen molar-refractivity contribution in [1.82, 2.24) is 19.9 Å². The third-order valence-corrected chi connectivity index (χ3v) is 3.66. The summed E-state index contributed by atoms with van der Waals surface area (Å²) in [4.78, 5) is 16.3.